The van der Waals surface area contributed by atoms with Gasteiger partial charge in [-0.1, -0.05) is 6.08 Å². The molecular formula is C10H12BrN3O2S. The van der Waals surface area contributed by atoms with Crippen molar-refractivity contribution in [3.8, 4) is 0 Å². The van der Waals surface area contributed by atoms with E-state index >= 15 is 0 Å². The van der Waals surface area contributed by atoms with Gasteiger partial charge in [-0.25, -0.2) is 4.98 Å². The topological polar surface area (TPSA) is 68.1 Å². The molecule has 0 aliphatic heterocycles. The van der Waals surface area contributed by atoms with E-state index in [0.717, 1.165) is 18.1 Å². The molecule has 1 N–H and O–H groups in total. The van der Waals surface area contributed by atoms with Gasteiger partial charge >= 0.3 is 0 Å². The normalized spacial score (nSPS) is 9.94. The van der Waals surface area contributed by atoms with E-state index in [2.05, 4.69) is 32.8 Å². The van der Waals surface area contributed by atoms with E-state index in [4.69, 9.17) is 0 Å². The average molecular weight is 318 g/mol. The molecule has 0 saturated carbocycles. The summed E-state index contributed by atoms with van der Waals surface area (Å²) in [5, 5.41) is 13.6. The van der Waals surface area contributed by atoms with Crippen LogP contribution < -0.4 is 5.32 Å². The fraction of sp³-hybridized carbons (Fsp3) is 0.300. The van der Waals surface area contributed by atoms with Gasteiger partial charge in [0.1, 0.15) is 12.0 Å². The molecule has 7 heteroatoms. The summed E-state index contributed by atoms with van der Waals surface area (Å²) >= 11 is 5.00. The van der Waals surface area contributed by atoms with Crippen molar-refractivity contribution >= 4 is 39.2 Å². The maximum atomic E-state index is 10.5. The monoisotopic (exact) mass is 317 g/mol. The van der Waals surface area contributed by atoms with E-state index in [-0.39, 0.29) is 5.69 Å². The highest BCUT2D eigenvalue weighted by Crippen LogP contribution is 2.24. The first-order valence-electron chi connectivity index (χ1n) is 4.87. The summed E-state index contributed by atoms with van der Waals surface area (Å²) in [5.74, 6) is 2.46. The van der Waals surface area contributed by atoms with Gasteiger partial charge in [0.25, 0.3) is 5.69 Å². The molecule has 0 unspecified atom stereocenters. The molecule has 1 heterocycles. The van der Waals surface area contributed by atoms with Gasteiger partial charge in [0.2, 0.25) is 0 Å². The minimum atomic E-state index is -0.471. The Bertz CT molecular complexity index is 415. The Morgan fingerprint density at radius 1 is 1.71 bits per heavy atom. The highest BCUT2D eigenvalue weighted by Gasteiger charge is 2.09. The van der Waals surface area contributed by atoms with Gasteiger partial charge in [-0.15, -0.1) is 6.58 Å². The lowest BCUT2D eigenvalue weighted by molar-refractivity contribution is -0.385. The molecule has 0 radical (unpaired) electrons. The molecule has 0 saturated heterocycles. The molecule has 0 atom stereocenters. The van der Waals surface area contributed by atoms with Crippen LogP contribution in [-0.2, 0) is 0 Å². The Balaban J connectivity index is 2.49. The van der Waals surface area contributed by atoms with Crippen molar-refractivity contribution < 1.29 is 4.92 Å². The molecule has 0 aliphatic carbocycles. The number of nitrogens with one attached hydrogen (secondary N) is 1. The number of thioether (sulfide) groups is 1. The maximum absolute atomic E-state index is 10.5. The number of halogens is 1. The number of nitro groups is 1. The summed E-state index contributed by atoms with van der Waals surface area (Å²) in [5.41, 5.74) is -0.0246. The van der Waals surface area contributed by atoms with Crippen molar-refractivity contribution in [2.75, 3.05) is 23.4 Å². The zero-order valence-corrected chi connectivity index (χ0v) is 11.5. The molecule has 5 nitrogen and oxygen atoms in total. The highest BCUT2D eigenvalue weighted by atomic mass is 79.9. The van der Waals surface area contributed by atoms with E-state index in [0.29, 0.717) is 10.3 Å². The Labute approximate surface area is 112 Å². The molecule has 1 rings (SSSR count). The first kappa shape index (κ1) is 14.0. The van der Waals surface area contributed by atoms with Crippen molar-refractivity contribution in [2.24, 2.45) is 0 Å². The standard InChI is InChI=1S/C10H12BrN3O2S/c1-2-4-17-5-3-12-10-9(11)6-8(7-13-10)14(15)16/h2,6-7H,1,3-5H2,(H,12,13). The second kappa shape index (κ2) is 7.29. The number of nitrogens with zero attached hydrogens (tertiary/aromatic N) is 2. The maximum Gasteiger partial charge on any atom is 0.288 e. The third kappa shape index (κ3) is 4.74. The predicted molar refractivity (Wildman–Crippen MR) is 74.6 cm³/mol. The lowest BCUT2D eigenvalue weighted by atomic mass is 10.4. The fourth-order valence-electron chi connectivity index (χ4n) is 1.07. The van der Waals surface area contributed by atoms with Gasteiger partial charge in [0, 0.05) is 24.1 Å². The van der Waals surface area contributed by atoms with Gasteiger partial charge in [0.05, 0.1) is 9.40 Å². The Hall–Kier alpha value is -1.08. The number of hydrogen-bond acceptors (Lipinski definition) is 5. The largest absolute Gasteiger partial charge is 0.368 e. The molecule has 0 aromatic carbocycles. The van der Waals surface area contributed by atoms with Gasteiger partial charge < -0.3 is 5.32 Å². The number of aromatic nitrogens is 1. The van der Waals surface area contributed by atoms with E-state index < -0.39 is 4.92 Å². The highest BCUT2D eigenvalue weighted by molar-refractivity contribution is 9.10. The minimum absolute atomic E-state index is 0.0246. The fourth-order valence-corrected chi connectivity index (χ4v) is 2.12. The average Bonchev–Trinajstić information content (AvgIpc) is 2.30. The Morgan fingerprint density at radius 3 is 3.06 bits per heavy atom. The summed E-state index contributed by atoms with van der Waals surface area (Å²) in [6.07, 6.45) is 3.09. The Morgan fingerprint density at radius 2 is 2.47 bits per heavy atom. The number of anilines is 1. The van der Waals surface area contributed by atoms with Crippen molar-refractivity contribution in [1.29, 1.82) is 0 Å². The van der Waals surface area contributed by atoms with E-state index in [1.165, 1.54) is 12.3 Å². The second-order valence-electron chi connectivity index (χ2n) is 3.07. The molecule has 92 valence electrons. The van der Waals surface area contributed by atoms with Gasteiger partial charge in [-0.05, 0) is 15.9 Å². The van der Waals surface area contributed by atoms with Crippen LogP contribution in [0.5, 0.6) is 0 Å². The number of rotatable bonds is 7. The van der Waals surface area contributed by atoms with Crippen molar-refractivity contribution in [3.63, 3.8) is 0 Å². The minimum Gasteiger partial charge on any atom is -0.368 e. The van der Waals surface area contributed by atoms with Crippen LogP contribution in [0, 0.1) is 10.1 Å². The SMILES string of the molecule is C=CCSCCNc1ncc([N+](=O)[O-])cc1Br. The third-order valence-corrected chi connectivity index (χ3v) is 3.38. The van der Waals surface area contributed by atoms with Crippen molar-refractivity contribution in [3.05, 3.63) is 39.5 Å². The van der Waals surface area contributed by atoms with Gasteiger partial charge in [0.15, 0.2) is 0 Å². The Kier molecular flexibility index (Phi) is 5.99. The second-order valence-corrected chi connectivity index (χ2v) is 5.08. The van der Waals surface area contributed by atoms with Crippen LogP contribution in [0.2, 0.25) is 0 Å². The lowest BCUT2D eigenvalue weighted by Crippen LogP contribution is -2.06. The van der Waals surface area contributed by atoms with Crippen LogP contribution in [0.1, 0.15) is 0 Å². The molecule has 1 aromatic rings. The van der Waals surface area contributed by atoms with Crippen LogP contribution >= 0.6 is 27.7 Å². The number of pyridine rings is 1. The smallest absolute Gasteiger partial charge is 0.288 e. The molecule has 0 fully saturated rings. The van der Waals surface area contributed by atoms with Crippen LogP contribution in [0.3, 0.4) is 0 Å². The molecule has 0 bridgehead atoms. The van der Waals surface area contributed by atoms with Crippen molar-refractivity contribution in [2.45, 2.75) is 0 Å². The first-order chi connectivity index (χ1) is 8.15. The third-order valence-electron chi connectivity index (χ3n) is 1.81. The molecule has 17 heavy (non-hydrogen) atoms. The quantitative estimate of drug-likeness (QED) is 0.362. The predicted octanol–water partition coefficient (Wildman–Crippen LogP) is 3.08. The van der Waals surface area contributed by atoms with Gasteiger partial charge in [-0.3, -0.25) is 10.1 Å². The molecule has 0 amide bonds. The summed E-state index contributed by atoms with van der Waals surface area (Å²) in [7, 11) is 0. The zero-order valence-electron chi connectivity index (χ0n) is 9.06. The van der Waals surface area contributed by atoms with Crippen molar-refractivity contribution in [1.82, 2.24) is 4.98 Å². The van der Waals surface area contributed by atoms with Crippen LogP contribution in [-0.4, -0.2) is 28.0 Å². The van der Waals surface area contributed by atoms with Crippen LogP contribution in [0.25, 0.3) is 0 Å². The van der Waals surface area contributed by atoms with Crippen LogP contribution in [0.4, 0.5) is 11.5 Å². The van der Waals surface area contributed by atoms with Gasteiger partial charge in [-0.2, -0.15) is 11.8 Å². The number of hydrogen-bond donors (Lipinski definition) is 1. The molecular weight excluding hydrogens is 306 g/mol. The van der Waals surface area contributed by atoms with E-state index in [1.807, 2.05) is 6.08 Å². The van der Waals surface area contributed by atoms with Crippen LogP contribution in [0.15, 0.2) is 29.4 Å². The molecule has 1 aromatic heterocycles. The lowest BCUT2D eigenvalue weighted by Gasteiger charge is -2.06. The molecule has 0 aliphatic rings. The van der Waals surface area contributed by atoms with E-state index in [9.17, 15) is 10.1 Å². The summed E-state index contributed by atoms with van der Waals surface area (Å²) in [6, 6.07) is 1.44. The summed E-state index contributed by atoms with van der Waals surface area (Å²) < 4.78 is 0.598. The first-order valence-corrected chi connectivity index (χ1v) is 6.82. The summed E-state index contributed by atoms with van der Waals surface area (Å²) in [6.45, 7) is 4.38. The zero-order chi connectivity index (χ0) is 12.7. The summed E-state index contributed by atoms with van der Waals surface area (Å²) in [4.78, 5) is 14.0. The van der Waals surface area contributed by atoms with E-state index in [1.54, 1.807) is 11.8 Å². The molecule has 0 spiro atoms.